The van der Waals surface area contributed by atoms with E-state index in [0.717, 1.165) is 11.3 Å². The number of fused-ring (bicyclic) bond motifs is 1. The van der Waals surface area contributed by atoms with E-state index in [2.05, 4.69) is 11.9 Å². The summed E-state index contributed by atoms with van der Waals surface area (Å²) in [6.07, 6.45) is 0.153. The van der Waals surface area contributed by atoms with Crippen LogP contribution in [0.1, 0.15) is 19.8 Å². The molecule has 1 aromatic heterocycles. The first kappa shape index (κ1) is 14.6. The summed E-state index contributed by atoms with van der Waals surface area (Å²) in [5, 5.41) is 0.752. The molecule has 0 saturated heterocycles. The summed E-state index contributed by atoms with van der Waals surface area (Å²) < 4.78 is 40.7. The molecule has 0 aliphatic heterocycles. The van der Waals surface area contributed by atoms with Gasteiger partial charge in [0.1, 0.15) is 11.3 Å². The van der Waals surface area contributed by atoms with Crippen molar-refractivity contribution in [3.63, 3.8) is 0 Å². The van der Waals surface area contributed by atoms with Gasteiger partial charge in [-0.2, -0.15) is 13.2 Å². The molecule has 1 aliphatic carbocycles. The molecule has 3 rings (SSSR count). The summed E-state index contributed by atoms with van der Waals surface area (Å²) in [5.41, 5.74) is 0.439. The fourth-order valence-electron chi connectivity index (χ4n) is 1.52. The third-order valence-corrected chi connectivity index (χ3v) is 2.85. The smallest absolute Gasteiger partial charge is 0.422 e. The molecule has 0 spiro atoms. The van der Waals surface area contributed by atoms with Crippen LogP contribution in [0.15, 0.2) is 36.5 Å². The predicted octanol–water partition coefficient (Wildman–Crippen LogP) is 4.59. The maximum absolute atomic E-state index is 12.0. The van der Waals surface area contributed by atoms with Gasteiger partial charge >= 0.3 is 6.18 Å². The summed E-state index contributed by atoms with van der Waals surface area (Å²) in [6, 6.07) is 8.36. The quantitative estimate of drug-likeness (QED) is 0.804. The number of benzene rings is 1. The number of para-hydroxylation sites is 1. The zero-order valence-corrected chi connectivity index (χ0v) is 11.2. The van der Waals surface area contributed by atoms with Crippen LogP contribution in [0.2, 0.25) is 0 Å². The zero-order chi connectivity index (χ0) is 14.6. The molecule has 5 heteroatoms. The fourth-order valence-corrected chi connectivity index (χ4v) is 1.52. The first-order valence-electron chi connectivity index (χ1n) is 6.49. The van der Waals surface area contributed by atoms with Crippen LogP contribution in [-0.4, -0.2) is 17.8 Å². The summed E-state index contributed by atoms with van der Waals surface area (Å²) in [6.45, 7) is 0.975. The second-order valence-corrected chi connectivity index (χ2v) is 4.92. The highest BCUT2D eigenvalue weighted by atomic mass is 19.4. The lowest BCUT2D eigenvalue weighted by Gasteiger charge is -2.10. The molecule has 1 fully saturated rings. The van der Waals surface area contributed by atoms with Crippen molar-refractivity contribution in [2.45, 2.75) is 25.9 Å². The second-order valence-electron chi connectivity index (χ2n) is 4.92. The van der Waals surface area contributed by atoms with E-state index in [1.807, 2.05) is 0 Å². The molecule has 2 nitrogen and oxygen atoms in total. The first-order chi connectivity index (χ1) is 9.46. The van der Waals surface area contributed by atoms with Crippen LogP contribution in [0, 0.1) is 5.92 Å². The van der Waals surface area contributed by atoms with E-state index in [4.69, 9.17) is 4.74 Å². The third kappa shape index (κ3) is 4.72. The minimum atomic E-state index is -4.34. The molecule has 1 aliphatic rings. The van der Waals surface area contributed by atoms with Crippen LogP contribution in [0.3, 0.4) is 0 Å². The number of pyridine rings is 1. The number of hydrogen-bond acceptors (Lipinski definition) is 2. The topological polar surface area (TPSA) is 22.1 Å². The SMILES string of the molecule is CC1CC1.FC(F)(F)COc1cccc2cccnc12. The molecular weight excluding hydrogens is 267 g/mol. The van der Waals surface area contributed by atoms with Gasteiger partial charge in [-0.15, -0.1) is 0 Å². The van der Waals surface area contributed by atoms with Crippen molar-refractivity contribution in [1.29, 1.82) is 0 Å². The van der Waals surface area contributed by atoms with Gasteiger partial charge in [0.05, 0.1) is 0 Å². The Balaban J connectivity index is 0.000000315. The molecule has 0 N–H and O–H groups in total. The Bertz CT molecular complexity index is 559. The standard InChI is InChI=1S/C11H8F3NO.C4H8/c12-11(13,14)7-16-9-5-1-3-8-4-2-6-15-10(8)9;1-4-2-3-4/h1-6H,7H2;4H,2-3H2,1H3. The van der Waals surface area contributed by atoms with Gasteiger partial charge in [-0.25, -0.2) is 0 Å². The van der Waals surface area contributed by atoms with Crippen LogP contribution in [0.4, 0.5) is 13.2 Å². The van der Waals surface area contributed by atoms with Crippen molar-refractivity contribution < 1.29 is 17.9 Å². The number of halogens is 3. The Labute approximate surface area is 115 Å². The van der Waals surface area contributed by atoms with Crippen LogP contribution in [-0.2, 0) is 0 Å². The molecule has 0 atom stereocenters. The number of nitrogens with zero attached hydrogens (tertiary/aromatic N) is 1. The Kier molecular flexibility index (Phi) is 4.47. The van der Waals surface area contributed by atoms with Gasteiger partial charge in [-0.1, -0.05) is 38.0 Å². The van der Waals surface area contributed by atoms with Gasteiger partial charge in [-0.05, 0) is 18.1 Å². The van der Waals surface area contributed by atoms with Crippen LogP contribution in [0.5, 0.6) is 5.75 Å². The molecular formula is C15H16F3NO. The third-order valence-electron chi connectivity index (χ3n) is 2.85. The number of hydrogen-bond donors (Lipinski definition) is 0. The molecule has 0 amide bonds. The van der Waals surface area contributed by atoms with Crippen molar-refractivity contribution in [3.05, 3.63) is 36.5 Å². The highest BCUT2D eigenvalue weighted by molar-refractivity contribution is 5.84. The molecule has 1 aromatic carbocycles. The van der Waals surface area contributed by atoms with Gasteiger partial charge in [0.2, 0.25) is 0 Å². The monoisotopic (exact) mass is 283 g/mol. The first-order valence-corrected chi connectivity index (χ1v) is 6.49. The van der Waals surface area contributed by atoms with Gasteiger partial charge in [0.25, 0.3) is 0 Å². The molecule has 0 unspecified atom stereocenters. The van der Waals surface area contributed by atoms with E-state index in [9.17, 15) is 13.2 Å². The molecule has 108 valence electrons. The minimum absolute atomic E-state index is 0.149. The lowest BCUT2D eigenvalue weighted by atomic mass is 10.2. The van der Waals surface area contributed by atoms with Crippen LogP contribution < -0.4 is 4.74 Å². The van der Waals surface area contributed by atoms with E-state index >= 15 is 0 Å². The van der Waals surface area contributed by atoms with E-state index < -0.39 is 12.8 Å². The van der Waals surface area contributed by atoms with Crippen molar-refractivity contribution >= 4 is 10.9 Å². The molecule has 2 aromatic rings. The number of ether oxygens (including phenoxy) is 1. The van der Waals surface area contributed by atoms with Crippen LogP contribution >= 0.6 is 0 Å². The lowest BCUT2D eigenvalue weighted by molar-refractivity contribution is -0.153. The maximum Gasteiger partial charge on any atom is 0.422 e. The Morgan fingerprint density at radius 1 is 1.20 bits per heavy atom. The van der Waals surface area contributed by atoms with Crippen LogP contribution in [0.25, 0.3) is 10.9 Å². The van der Waals surface area contributed by atoms with Gasteiger partial charge in [-0.3, -0.25) is 4.98 Å². The van der Waals surface area contributed by atoms with Crippen molar-refractivity contribution in [2.24, 2.45) is 5.92 Å². The Morgan fingerprint density at radius 3 is 2.45 bits per heavy atom. The Morgan fingerprint density at radius 2 is 1.85 bits per heavy atom. The van der Waals surface area contributed by atoms with Crippen molar-refractivity contribution in [2.75, 3.05) is 6.61 Å². The number of rotatable bonds is 2. The molecule has 1 saturated carbocycles. The largest absolute Gasteiger partial charge is 0.482 e. The summed E-state index contributed by atoms with van der Waals surface area (Å²) >= 11 is 0. The highest BCUT2D eigenvalue weighted by Crippen LogP contribution is 2.27. The van der Waals surface area contributed by atoms with Crippen molar-refractivity contribution in [1.82, 2.24) is 4.98 Å². The maximum atomic E-state index is 12.0. The lowest BCUT2D eigenvalue weighted by Crippen LogP contribution is -2.19. The van der Waals surface area contributed by atoms with Crippen molar-refractivity contribution in [3.8, 4) is 5.75 Å². The average Bonchev–Trinajstić information content (AvgIpc) is 3.18. The van der Waals surface area contributed by atoms with E-state index in [0.29, 0.717) is 5.52 Å². The second kappa shape index (κ2) is 6.11. The average molecular weight is 283 g/mol. The van der Waals surface area contributed by atoms with E-state index in [-0.39, 0.29) is 5.75 Å². The summed E-state index contributed by atoms with van der Waals surface area (Å²) in [7, 11) is 0. The molecule has 20 heavy (non-hydrogen) atoms. The van der Waals surface area contributed by atoms with E-state index in [1.54, 1.807) is 24.3 Å². The summed E-state index contributed by atoms with van der Waals surface area (Å²) in [5.74, 6) is 1.23. The minimum Gasteiger partial charge on any atom is -0.482 e. The molecule has 0 bridgehead atoms. The van der Waals surface area contributed by atoms with Gasteiger partial charge in [0.15, 0.2) is 6.61 Å². The van der Waals surface area contributed by atoms with Gasteiger partial charge in [0, 0.05) is 11.6 Å². The number of alkyl halides is 3. The Hall–Kier alpha value is -1.78. The highest BCUT2D eigenvalue weighted by Gasteiger charge is 2.28. The summed E-state index contributed by atoms with van der Waals surface area (Å²) in [4.78, 5) is 3.99. The molecule has 0 radical (unpaired) electrons. The predicted molar refractivity (Wildman–Crippen MR) is 71.7 cm³/mol. The number of aromatic nitrogens is 1. The van der Waals surface area contributed by atoms with E-state index in [1.165, 1.54) is 25.1 Å². The zero-order valence-electron chi connectivity index (χ0n) is 11.2. The van der Waals surface area contributed by atoms with Gasteiger partial charge < -0.3 is 4.74 Å². The molecule has 1 heterocycles. The normalized spacial score (nSPS) is 14.6. The fraction of sp³-hybridized carbons (Fsp3) is 0.400.